The normalized spacial score (nSPS) is 14.1. The summed E-state index contributed by atoms with van der Waals surface area (Å²) in [6, 6.07) is 8.66. The van der Waals surface area contributed by atoms with E-state index in [-0.39, 0.29) is 6.04 Å². The van der Waals surface area contributed by atoms with E-state index in [9.17, 15) is 9.90 Å². The van der Waals surface area contributed by atoms with Crippen LogP contribution < -0.4 is 5.32 Å². The van der Waals surface area contributed by atoms with Crippen LogP contribution in [0.4, 0.5) is 0 Å². The molecule has 4 heteroatoms. The second-order valence-corrected chi connectivity index (χ2v) is 7.23. The number of hydrogen-bond acceptors (Lipinski definition) is 3. The minimum atomic E-state index is -0.817. The number of carbonyl (C=O) groups is 1. The smallest absolute Gasteiger partial charge is 0.323 e. The summed E-state index contributed by atoms with van der Waals surface area (Å²) in [5.74, 6) is 0.267. The fourth-order valence-electron chi connectivity index (χ4n) is 2.35. The summed E-state index contributed by atoms with van der Waals surface area (Å²) in [6.45, 7) is 7.84. The average molecular weight is 309 g/mol. The van der Waals surface area contributed by atoms with Crippen LogP contribution in [0.25, 0.3) is 0 Å². The molecule has 0 saturated carbocycles. The van der Waals surface area contributed by atoms with Crippen molar-refractivity contribution in [3.8, 4) is 0 Å². The summed E-state index contributed by atoms with van der Waals surface area (Å²) < 4.78 is 0. The number of rotatable bonds is 9. The van der Waals surface area contributed by atoms with Gasteiger partial charge in [-0.1, -0.05) is 24.1 Å². The molecule has 1 atom stereocenters. The Morgan fingerprint density at radius 2 is 2.10 bits per heavy atom. The molecule has 1 aromatic rings. The molecule has 0 heterocycles. The van der Waals surface area contributed by atoms with Crippen molar-refractivity contribution in [2.75, 3.05) is 5.75 Å². The monoisotopic (exact) mass is 309 g/mol. The van der Waals surface area contributed by atoms with E-state index < -0.39 is 11.5 Å². The largest absolute Gasteiger partial charge is 0.480 e. The first-order chi connectivity index (χ1) is 9.83. The Balaban J connectivity index is 2.33. The van der Waals surface area contributed by atoms with Crippen molar-refractivity contribution in [3.63, 3.8) is 0 Å². The summed E-state index contributed by atoms with van der Waals surface area (Å²) >= 11 is 1.84. The first-order valence-electron chi connectivity index (χ1n) is 7.54. The lowest BCUT2D eigenvalue weighted by atomic mass is 9.94. The lowest BCUT2D eigenvalue weighted by molar-refractivity contribution is -0.144. The molecule has 2 N–H and O–H groups in total. The highest BCUT2D eigenvalue weighted by Crippen LogP contribution is 2.22. The fraction of sp³-hybridized carbons (Fsp3) is 0.588. The second kappa shape index (κ2) is 8.44. The molecular formula is C17H27NO2S. The highest BCUT2D eigenvalue weighted by Gasteiger charge is 2.32. The van der Waals surface area contributed by atoms with Gasteiger partial charge in [-0.3, -0.25) is 10.1 Å². The van der Waals surface area contributed by atoms with Crippen molar-refractivity contribution in [2.45, 2.75) is 63.4 Å². The van der Waals surface area contributed by atoms with Crippen LogP contribution >= 0.6 is 11.8 Å². The van der Waals surface area contributed by atoms with Crippen molar-refractivity contribution in [3.05, 3.63) is 29.8 Å². The van der Waals surface area contributed by atoms with Gasteiger partial charge in [0.15, 0.2) is 0 Å². The number of nitrogens with one attached hydrogen (secondary N) is 1. The summed E-state index contributed by atoms with van der Waals surface area (Å²) in [6.07, 6.45) is 2.61. The predicted molar refractivity (Wildman–Crippen MR) is 90.1 cm³/mol. The van der Waals surface area contributed by atoms with Crippen molar-refractivity contribution in [1.29, 1.82) is 0 Å². The lowest BCUT2D eigenvalue weighted by Crippen LogP contribution is -2.52. The Morgan fingerprint density at radius 1 is 1.38 bits per heavy atom. The molecule has 118 valence electrons. The first-order valence-corrected chi connectivity index (χ1v) is 8.52. The van der Waals surface area contributed by atoms with Gasteiger partial charge in [-0.2, -0.15) is 0 Å². The van der Waals surface area contributed by atoms with E-state index >= 15 is 0 Å². The Kier molecular flexibility index (Phi) is 7.26. The summed E-state index contributed by atoms with van der Waals surface area (Å²) in [5, 5.41) is 12.5. The zero-order chi connectivity index (χ0) is 15.9. The molecule has 0 amide bonds. The number of thioether (sulfide) groups is 1. The molecule has 1 unspecified atom stereocenters. The van der Waals surface area contributed by atoms with Crippen LogP contribution in [-0.2, 0) is 4.79 Å². The molecule has 0 radical (unpaired) electrons. The van der Waals surface area contributed by atoms with Crippen LogP contribution in [0.2, 0.25) is 0 Å². The van der Waals surface area contributed by atoms with Crippen LogP contribution in [0.3, 0.4) is 0 Å². The molecule has 0 spiro atoms. The van der Waals surface area contributed by atoms with E-state index in [0.29, 0.717) is 6.42 Å². The third kappa shape index (κ3) is 6.53. The number of unbranched alkanes of at least 4 members (excludes halogenated alkanes) is 1. The maximum atomic E-state index is 11.4. The molecule has 1 aromatic carbocycles. The zero-order valence-corrected chi connectivity index (χ0v) is 14.3. The van der Waals surface area contributed by atoms with Crippen LogP contribution in [-0.4, -0.2) is 28.4 Å². The molecule has 0 aliphatic heterocycles. The lowest BCUT2D eigenvalue weighted by Gasteiger charge is -2.28. The molecule has 0 bridgehead atoms. The van der Waals surface area contributed by atoms with E-state index in [1.165, 1.54) is 10.5 Å². The summed E-state index contributed by atoms with van der Waals surface area (Å²) in [7, 11) is 0. The minimum Gasteiger partial charge on any atom is -0.480 e. The Morgan fingerprint density at radius 3 is 2.67 bits per heavy atom. The van der Waals surface area contributed by atoms with E-state index in [0.717, 1.165) is 18.6 Å². The van der Waals surface area contributed by atoms with Crippen LogP contribution in [0.5, 0.6) is 0 Å². The minimum absolute atomic E-state index is 0.174. The topological polar surface area (TPSA) is 49.3 Å². The van der Waals surface area contributed by atoms with E-state index in [4.69, 9.17) is 0 Å². The number of benzene rings is 1. The molecule has 0 aliphatic carbocycles. The third-order valence-corrected chi connectivity index (χ3v) is 4.49. The van der Waals surface area contributed by atoms with Gasteiger partial charge >= 0.3 is 5.97 Å². The van der Waals surface area contributed by atoms with E-state index in [1.807, 2.05) is 25.6 Å². The maximum Gasteiger partial charge on any atom is 0.323 e. The number of aryl methyl sites for hydroxylation is 1. The quantitative estimate of drug-likeness (QED) is 0.532. The third-order valence-electron chi connectivity index (χ3n) is 3.41. The Hall–Kier alpha value is -1.00. The van der Waals surface area contributed by atoms with Crippen LogP contribution in [0.1, 0.15) is 45.6 Å². The Labute approximate surface area is 132 Å². The fourth-order valence-corrected chi connectivity index (χ4v) is 3.38. The van der Waals surface area contributed by atoms with Gasteiger partial charge in [0.1, 0.15) is 5.54 Å². The number of carboxylic acids is 1. The molecule has 3 nitrogen and oxygen atoms in total. The van der Waals surface area contributed by atoms with Gasteiger partial charge in [-0.15, -0.1) is 11.8 Å². The van der Waals surface area contributed by atoms with Crippen LogP contribution in [0.15, 0.2) is 29.2 Å². The van der Waals surface area contributed by atoms with Crippen molar-refractivity contribution in [1.82, 2.24) is 5.32 Å². The maximum absolute atomic E-state index is 11.4. The number of carboxylic acid groups (broad SMARTS) is 1. The van der Waals surface area contributed by atoms with E-state index in [2.05, 4.69) is 36.5 Å². The van der Waals surface area contributed by atoms with Gasteiger partial charge in [-0.05, 0) is 58.4 Å². The van der Waals surface area contributed by atoms with Crippen molar-refractivity contribution in [2.24, 2.45) is 0 Å². The molecule has 21 heavy (non-hydrogen) atoms. The summed E-state index contributed by atoms with van der Waals surface area (Å²) in [5.41, 5.74) is 0.460. The van der Waals surface area contributed by atoms with Crippen LogP contribution in [0, 0.1) is 6.92 Å². The average Bonchev–Trinajstić information content (AvgIpc) is 2.37. The van der Waals surface area contributed by atoms with Gasteiger partial charge in [-0.25, -0.2) is 0 Å². The first kappa shape index (κ1) is 18.1. The molecule has 0 aliphatic rings. The van der Waals surface area contributed by atoms with Crippen molar-refractivity contribution >= 4 is 17.7 Å². The van der Waals surface area contributed by atoms with Gasteiger partial charge < -0.3 is 5.11 Å². The van der Waals surface area contributed by atoms with Gasteiger partial charge in [0, 0.05) is 10.9 Å². The number of aliphatic carboxylic acids is 1. The molecule has 0 saturated heterocycles. The highest BCUT2D eigenvalue weighted by atomic mass is 32.2. The Bertz CT molecular complexity index is 462. The summed E-state index contributed by atoms with van der Waals surface area (Å²) in [4.78, 5) is 12.7. The molecule has 0 aromatic heterocycles. The SMILES string of the molecule is Cc1cccc(SCCCCC(C)(NC(C)C)C(=O)O)c1. The van der Waals surface area contributed by atoms with Gasteiger partial charge in [0.25, 0.3) is 0 Å². The molecule has 0 fully saturated rings. The predicted octanol–water partition coefficient (Wildman–Crippen LogP) is 4.10. The van der Waals surface area contributed by atoms with Gasteiger partial charge in [0.05, 0.1) is 0 Å². The molecular weight excluding hydrogens is 282 g/mol. The zero-order valence-electron chi connectivity index (χ0n) is 13.5. The second-order valence-electron chi connectivity index (χ2n) is 6.06. The standard InChI is InChI=1S/C17H27NO2S/c1-13(2)18-17(4,16(19)20)10-5-6-11-21-15-9-7-8-14(3)12-15/h7-9,12-13,18H,5-6,10-11H2,1-4H3,(H,19,20). The van der Waals surface area contributed by atoms with Gasteiger partial charge in [0.2, 0.25) is 0 Å². The highest BCUT2D eigenvalue weighted by molar-refractivity contribution is 7.99. The van der Waals surface area contributed by atoms with E-state index in [1.54, 1.807) is 6.92 Å². The van der Waals surface area contributed by atoms with Crippen molar-refractivity contribution < 1.29 is 9.90 Å². The molecule has 1 rings (SSSR count). The number of hydrogen-bond donors (Lipinski definition) is 2.